The molecule has 0 spiro atoms. The summed E-state index contributed by atoms with van der Waals surface area (Å²) in [5, 5.41) is 4.38. The Labute approximate surface area is 106 Å². The molecule has 0 aromatic carbocycles. The second kappa shape index (κ2) is 4.33. The number of carbonyl (C=O) groups excluding carboxylic acids is 1. The van der Waals surface area contributed by atoms with Crippen LogP contribution in [0.3, 0.4) is 0 Å². The Bertz CT molecular complexity index is 437. The fourth-order valence-electron chi connectivity index (χ4n) is 2.33. The lowest BCUT2D eigenvalue weighted by Crippen LogP contribution is -2.27. The van der Waals surface area contributed by atoms with Gasteiger partial charge in [-0.1, -0.05) is 0 Å². The average molecular weight is 250 g/mol. The maximum Gasteiger partial charge on any atom is 0.261 e. The molecule has 17 heavy (non-hydrogen) atoms. The number of nitrogens with zero attached hydrogens (tertiary/aromatic N) is 1. The van der Waals surface area contributed by atoms with Gasteiger partial charge in [-0.05, 0) is 44.2 Å². The largest absolute Gasteiger partial charge is 0.363 e. The van der Waals surface area contributed by atoms with E-state index in [0.29, 0.717) is 6.04 Å². The van der Waals surface area contributed by atoms with Gasteiger partial charge in [-0.3, -0.25) is 4.79 Å². The zero-order chi connectivity index (χ0) is 11.8. The van der Waals surface area contributed by atoms with E-state index in [1.54, 1.807) is 11.3 Å². The van der Waals surface area contributed by atoms with Crippen molar-refractivity contribution in [2.45, 2.75) is 38.6 Å². The fraction of sp³-hybridized carbons (Fsp3) is 0.615. The van der Waals surface area contributed by atoms with Crippen LogP contribution in [0.25, 0.3) is 0 Å². The van der Waals surface area contributed by atoms with E-state index in [0.717, 1.165) is 37.2 Å². The lowest BCUT2D eigenvalue weighted by Gasteiger charge is -2.26. The summed E-state index contributed by atoms with van der Waals surface area (Å²) in [5.74, 6) is 0.128. The third-order valence-corrected chi connectivity index (χ3v) is 4.70. The molecule has 0 radical (unpaired) electrons. The molecular weight excluding hydrogens is 232 g/mol. The van der Waals surface area contributed by atoms with Gasteiger partial charge in [0, 0.05) is 19.1 Å². The summed E-state index contributed by atoms with van der Waals surface area (Å²) in [5.41, 5.74) is 1.36. The summed E-state index contributed by atoms with van der Waals surface area (Å²) in [6.45, 7) is 4.35. The van der Waals surface area contributed by atoms with E-state index in [9.17, 15) is 4.79 Å². The molecule has 1 aliphatic heterocycles. The smallest absolute Gasteiger partial charge is 0.261 e. The molecule has 2 heterocycles. The third-order valence-electron chi connectivity index (χ3n) is 3.47. The zero-order valence-electron chi connectivity index (χ0n) is 10.2. The predicted molar refractivity (Wildman–Crippen MR) is 71.0 cm³/mol. The van der Waals surface area contributed by atoms with Crippen LogP contribution in [0, 0.1) is 0 Å². The topological polar surface area (TPSA) is 32.3 Å². The molecule has 1 saturated carbocycles. The summed E-state index contributed by atoms with van der Waals surface area (Å²) in [6, 6.07) is 2.54. The van der Waals surface area contributed by atoms with E-state index in [-0.39, 0.29) is 5.91 Å². The molecule has 1 amide bonds. The van der Waals surface area contributed by atoms with Gasteiger partial charge < -0.3 is 10.2 Å². The molecule has 1 fully saturated rings. The molecule has 3 rings (SSSR count). The van der Waals surface area contributed by atoms with Gasteiger partial charge >= 0.3 is 0 Å². The Hall–Kier alpha value is -1.03. The highest BCUT2D eigenvalue weighted by Crippen LogP contribution is 2.36. The number of carbonyl (C=O) groups is 1. The van der Waals surface area contributed by atoms with Crippen LogP contribution in [0.4, 0.5) is 5.00 Å². The summed E-state index contributed by atoms with van der Waals surface area (Å²) in [4.78, 5) is 15.3. The van der Waals surface area contributed by atoms with Crippen molar-refractivity contribution in [1.29, 1.82) is 0 Å². The number of hydrogen-bond donors (Lipinski definition) is 1. The van der Waals surface area contributed by atoms with Crippen molar-refractivity contribution >= 4 is 22.2 Å². The Morgan fingerprint density at radius 3 is 3.12 bits per heavy atom. The van der Waals surface area contributed by atoms with E-state index < -0.39 is 0 Å². The fourth-order valence-corrected chi connectivity index (χ4v) is 3.53. The molecule has 3 nitrogen and oxygen atoms in total. The van der Waals surface area contributed by atoms with E-state index in [2.05, 4.69) is 23.2 Å². The van der Waals surface area contributed by atoms with Crippen LogP contribution in [0.1, 0.15) is 41.4 Å². The minimum atomic E-state index is 0.128. The number of nitrogens with one attached hydrogen (secondary N) is 1. The average Bonchev–Trinajstić information content (AvgIpc) is 3.04. The van der Waals surface area contributed by atoms with Crippen molar-refractivity contribution in [2.75, 3.05) is 18.0 Å². The van der Waals surface area contributed by atoms with E-state index in [1.807, 2.05) is 0 Å². The highest BCUT2D eigenvalue weighted by molar-refractivity contribution is 7.18. The number of rotatable bonds is 3. The van der Waals surface area contributed by atoms with Crippen LogP contribution in [0.2, 0.25) is 0 Å². The minimum Gasteiger partial charge on any atom is -0.363 e. The molecule has 4 heteroatoms. The summed E-state index contributed by atoms with van der Waals surface area (Å²) in [6.07, 6.45) is 4.64. The number of aryl methyl sites for hydroxylation is 1. The number of hydrogen-bond acceptors (Lipinski definition) is 3. The van der Waals surface area contributed by atoms with Gasteiger partial charge in [-0.2, -0.15) is 0 Å². The van der Waals surface area contributed by atoms with Crippen LogP contribution < -0.4 is 10.2 Å². The minimum absolute atomic E-state index is 0.128. The molecule has 92 valence electrons. The second-order valence-electron chi connectivity index (χ2n) is 4.87. The van der Waals surface area contributed by atoms with Crippen LogP contribution in [-0.2, 0) is 6.42 Å². The number of thiophene rings is 1. The summed E-state index contributed by atoms with van der Waals surface area (Å²) >= 11 is 1.66. The normalized spacial score (nSPS) is 19.0. The molecule has 0 saturated heterocycles. The number of anilines is 1. The zero-order valence-corrected chi connectivity index (χ0v) is 11.0. The SMILES string of the molecule is CCN1CCCc2cc(C(=O)NC3CC3)sc21. The van der Waals surface area contributed by atoms with Crippen LogP contribution in [-0.4, -0.2) is 25.0 Å². The predicted octanol–water partition coefficient (Wildman–Crippen LogP) is 2.41. The van der Waals surface area contributed by atoms with Gasteiger partial charge in [0.15, 0.2) is 0 Å². The van der Waals surface area contributed by atoms with E-state index >= 15 is 0 Å². The van der Waals surface area contributed by atoms with Crippen LogP contribution in [0.5, 0.6) is 0 Å². The molecule has 0 unspecified atom stereocenters. The van der Waals surface area contributed by atoms with Gasteiger partial charge in [0.25, 0.3) is 5.91 Å². The maximum absolute atomic E-state index is 12.0. The molecule has 1 aliphatic carbocycles. The van der Waals surface area contributed by atoms with Crippen molar-refractivity contribution in [3.8, 4) is 0 Å². The van der Waals surface area contributed by atoms with Gasteiger partial charge in [-0.25, -0.2) is 0 Å². The van der Waals surface area contributed by atoms with Crippen molar-refractivity contribution in [3.05, 3.63) is 16.5 Å². The monoisotopic (exact) mass is 250 g/mol. The molecule has 1 N–H and O–H groups in total. The third kappa shape index (κ3) is 2.18. The lowest BCUT2D eigenvalue weighted by atomic mass is 10.1. The quantitative estimate of drug-likeness (QED) is 0.893. The van der Waals surface area contributed by atoms with Crippen LogP contribution in [0.15, 0.2) is 6.07 Å². The Balaban J connectivity index is 1.81. The highest BCUT2D eigenvalue weighted by atomic mass is 32.1. The Morgan fingerprint density at radius 2 is 2.41 bits per heavy atom. The van der Waals surface area contributed by atoms with Gasteiger partial charge in [-0.15, -0.1) is 11.3 Å². The standard InChI is InChI=1S/C13H18N2OS/c1-2-15-7-3-4-9-8-11(17-13(9)15)12(16)14-10-5-6-10/h8,10H,2-7H2,1H3,(H,14,16). The molecule has 0 bridgehead atoms. The van der Waals surface area contributed by atoms with Crippen molar-refractivity contribution < 1.29 is 4.79 Å². The maximum atomic E-state index is 12.0. The second-order valence-corrected chi connectivity index (χ2v) is 5.90. The van der Waals surface area contributed by atoms with Crippen LogP contribution >= 0.6 is 11.3 Å². The van der Waals surface area contributed by atoms with Crippen molar-refractivity contribution in [3.63, 3.8) is 0 Å². The molecular formula is C13H18N2OS. The molecule has 0 atom stereocenters. The summed E-state index contributed by atoms with van der Waals surface area (Å²) < 4.78 is 0. The Morgan fingerprint density at radius 1 is 1.59 bits per heavy atom. The lowest BCUT2D eigenvalue weighted by molar-refractivity contribution is 0.0955. The van der Waals surface area contributed by atoms with Crippen molar-refractivity contribution in [2.24, 2.45) is 0 Å². The molecule has 2 aliphatic rings. The van der Waals surface area contributed by atoms with E-state index in [1.165, 1.54) is 17.0 Å². The first kappa shape index (κ1) is 11.1. The first-order valence-electron chi connectivity index (χ1n) is 6.46. The summed E-state index contributed by atoms with van der Waals surface area (Å²) in [7, 11) is 0. The van der Waals surface area contributed by atoms with Crippen molar-refractivity contribution in [1.82, 2.24) is 5.32 Å². The van der Waals surface area contributed by atoms with E-state index in [4.69, 9.17) is 0 Å². The first-order chi connectivity index (χ1) is 8.28. The van der Waals surface area contributed by atoms with Gasteiger partial charge in [0.2, 0.25) is 0 Å². The number of fused-ring (bicyclic) bond motifs is 1. The van der Waals surface area contributed by atoms with Gasteiger partial charge in [0.05, 0.1) is 9.88 Å². The molecule has 1 aromatic rings. The highest BCUT2D eigenvalue weighted by Gasteiger charge is 2.26. The van der Waals surface area contributed by atoms with Gasteiger partial charge in [0.1, 0.15) is 0 Å². The molecule has 1 aromatic heterocycles. The number of amides is 1. The Kier molecular flexibility index (Phi) is 2.82. The first-order valence-corrected chi connectivity index (χ1v) is 7.28.